The van der Waals surface area contributed by atoms with Crippen molar-refractivity contribution in [2.75, 3.05) is 20.2 Å². The number of nitrogens with one attached hydrogen (secondary N) is 3. The molecule has 0 aliphatic carbocycles. The molecule has 0 bridgehead atoms. The minimum atomic E-state index is -0.691. The molecule has 1 aliphatic rings. The van der Waals surface area contributed by atoms with Crippen LogP contribution in [0.15, 0.2) is 77.1 Å². The fourth-order valence-electron chi connectivity index (χ4n) is 4.32. The van der Waals surface area contributed by atoms with Gasteiger partial charge in [0, 0.05) is 40.6 Å². The van der Waals surface area contributed by atoms with Crippen LogP contribution in [0.25, 0.3) is 0 Å². The Balaban J connectivity index is 1.80. The zero-order chi connectivity index (χ0) is 26.5. The lowest BCUT2D eigenvalue weighted by Crippen LogP contribution is -2.51. The van der Waals surface area contributed by atoms with Gasteiger partial charge in [-0.3, -0.25) is 4.79 Å². The van der Waals surface area contributed by atoms with Crippen LogP contribution >= 0.6 is 11.6 Å². The molecule has 2 unspecified atom stereocenters. The van der Waals surface area contributed by atoms with Crippen LogP contribution in [0.2, 0.25) is 5.02 Å². The van der Waals surface area contributed by atoms with Crippen molar-refractivity contribution >= 4 is 23.5 Å². The number of carbonyl (C=O) groups excluding carboxylic acids is 2. The summed E-state index contributed by atoms with van der Waals surface area (Å²) in [6.07, 6.45) is -0.672. The molecule has 1 heterocycles. The average Bonchev–Trinajstić information content (AvgIpc) is 2.86. The molecule has 0 saturated heterocycles. The van der Waals surface area contributed by atoms with Gasteiger partial charge in [-0.05, 0) is 44.9 Å². The normalized spacial score (nSPS) is 16.9. The molecule has 1 aliphatic heterocycles. The highest BCUT2D eigenvalue weighted by molar-refractivity contribution is 6.31. The molecule has 2 atom stereocenters. The second-order valence-corrected chi connectivity index (χ2v) is 9.93. The molecular weight excluding hydrogens is 478 g/mol. The van der Waals surface area contributed by atoms with Gasteiger partial charge in [0.2, 0.25) is 5.91 Å². The number of hydrogen-bond donors (Lipinski definition) is 4. The van der Waals surface area contributed by atoms with Gasteiger partial charge in [-0.25, -0.2) is 4.79 Å². The second-order valence-electron chi connectivity index (χ2n) is 9.52. The lowest BCUT2D eigenvalue weighted by atomic mass is 9.80. The number of carbonyl (C=O) groups is 2. The molecule has 0 fully saturated rings. The zero-order valence-electron chi connectivity index (χ0n) is 21.3. The minimum absolute atomic E-state index is 0.287. The average molecular weight is 512 g/mol. The van der Waals surface area contributed by atoms with Gasteiger partial charge in [-0.1, -0.05) is 60.1 Å². The molecule has 3 rings (SSSR count). The van der Waals surface area contributed by atoms with Crippen LogP contribution in [-0.2, 0) is 14.3 Å². The Morgan fingerprint density at radius 2 is 1.67 bits per heavy atom. The first-order valence-corrected chi connectivity index (χ1v) is 12.2. The molecule has 7 nitrogen and oxygen atoms in total. The number of amides is 1. The van der Waals surface area contributed by atoms with E-state index >= 15 is 0 Å². The molecule has 8 heteroatoms. The second kappa shape index (κ2) is 11.7. The van der Waals surface area contributed by atoms with Crippen molar-refractivity contribution < 1.29 is 19.4 Å². The van der Waals surface area contributed by atoms with Gasteiger partial charge in [0.25, 0.3) is 0 Å². The third kappa shape index (κ3) is 6.35. The standard InChI is InChI=1S/C28H34ClN3O4/c1-17-23(25(20-13-9-10-14-21(20)29)24(18(2)32-17)27(35)36-5)26(34)30-16-28(3,4)31-15-22(33)19-11-7-6-8-12-19/h6-14,22,25,31-33H,15-16H2,1-5H3,(H,30,34). The van der Waals surface area contributed by atoms with E-state index in [1.54, 1.807) is 26.0 Å². The maximum absolute atomic E-state index is 13.6. The predicted molar refractivity (Wildman–Crippen MR) is 141 cm³/mol. The maximum Gasteiger partial charge on any atom is 0.336 e. The highest BCUT2D eigenvalue weighted by Crippen LogP contribution is 2.41. The van der Waals surface area contributed by atoms with Crippen molar-refractivity contribution in [3.05, 3.63) is 93.3 Å². The first kappa shape index (κ1) is 27.5. The molecule has 2 aromatic carbocycles. The van der Waals surface area contributed by atoms with Crippen molar-refractivity contribution in [1.29, 1.82) is 0 Å². The van der Waals surface area contributed by atoms with Crippen LogP contribution in [0.1, 0.15) is 50.8 Å². The first-order chi connectivity index (χ1) is 17.1. The summed E-state index contributed by atoms with van der Waals surface area (Å²) in [5.41, 5.74) is 2.93. The molecule has 0 saturated carbocycles. The van der Waals surface area contributed by atoms with Crippen LogP contribution < -0.4 is 16.0 Å². The number of methoxy groups -OCH3 is 1. The van der Waals surface area contributed by atoms with Gasteiger partial charge in [-0.15, -0.1) is 0 Å². The Bertz CT molecular complexity index is 1170. The number of benzene rings is 2. The largest absolute Gasteiger partial charge is 0.466 e. The number of dihydropyridines is 1. The van der Waals surface area contributed by atoms with Gasteiger partial charge in [0.15, 0.2) is 0 Å². The summed E-state index contributed by atoms with van der Waals surface area (Å²) < 4.78 is 5.05. The van der Waals surface area contributed by atoms with Gasteiger partial charge in [0.05, 0.1) is 24.7 Å². The summed E-state index contributed by atoms with van der Waals surface area (Å²) >= 11 is 6.52. The third-order valence-corrected chi connectivity index (χ3v) is 6.62. The van der Waals surface area contributed by atoms with Crippen molar-refractivity contribution in [1.82, 2.24) is 16.0 Å². The van der Waals surface area contributed by atoms with E-state index in [0.717, 1.165) is 5.56 Å². The van der Waals surface area contributed by atoms with E-state index in [0.29, 0.717) is 39.7 Å². The summed E-state index contributed by atoms with van der Waals surface area (Å²) in [5, 5.41) is 20.4. The monoisotopic (exact) mass is 511 g/mol. The van der Waals surface area contributed by atoms with E-state index in [2.05, 4.69) is 16.0 Å². The summed E-state index contributed by atoms with van der Waals surface area (Å²) in [4.78, 5) is 26.3. The zero-order valence-corrected chi connectivity index (χ0v) is 22.1. The number of esters is 1. The number of aliphatic hydroxyl groups is 1. The van der Waals surface area contributed by atoms with Gasteiger partial charge in [0.1, 0.15) is 0 Å². The Morgan fingerprint density at radius 1 is 1.06 bits per heavy atom. The van der Waals surface area contributed by atoms with Crippen LogP contribution in [0, 0.1) is 0 Å². The summed E-state index contributed by atoms with van der Waals surface area (Å²) in [6.45, 7) is 8.08. The molecule has 192 valence electrons. The Labute approximate surface area is 217 Å². The first-order valence-electron chi connectivity index (χ1n) is 11.8. The summed E-state index contributed by atoms with van der Waals surface area (Å²) in [7, 11) is 1.31. The minimum Gasteiger partial charge on any atom is -0.466 e. The third-order valence-electron chi connectivity index (χ3n) is 6.28. The number of β-amino-alcohol motifs (C(OH)–C–C–N with tert-alkyl or cyclic N) is 1. The fraction of sp³-hybridized carbons (Fsp3) is 0.357. The summed E-state index contributed by atoms with van der Waals surface area (Å²) in [6, 6.07) is 16.6. The number of allylic oxidation sites excluding steroid dienone is 2. The lowest BCUT2D eigenvalue weighted by molar-refractivity contribution is -0.136. The molecule has 0 spiro atoms. The molecule has 0 radical (unpaired) electrons. The molecular formula is C28H34ClN3O4. The van der Waals surface area contributed by atoms with Crippen LogP contribution in [-0.4, -0.2) is 42.7 Å². The smallest absolute Gasteiger partial charge is 0.336 e. The number of halogens is 1. The molecule has 2 aromatic rings. The Kier molecular flexibility index (Phi) is 8.95. The molecule has 4 N–H and O–H groups in total. The Hall–Kier alpha value is -3.13. The van der Waals surface area contributed by atoms with E-state index < -0.39 is 23.5 Å². The number of ether oxygens (including phenoxy) is 1. The highest BCUT2D eigenvalue weighted by atomic mass is 35.5. The fourth-order valence-corrected chi connectivity index (χ4v) is 4.57. The number of aliphatic hydroxyl groups excluding tert-OH is 1. The summed E-state index contributed by atoms with van der Waals surface area (Å²) in [5.74, 6) is -1.54. The topological polar surface area (TPSA) is 99.7 Å². The molecule has 1 amide bonds. The van der Waals surface area contributed by atoms with E-state index in [-0.39, 0.29) is 12.5 Å². The highest BCUT2D eigenvalue weighted by Gasteiger charge is 2.38. The van der Waals surface area contributed by atoms with Crippen molar-refractivity contribution in [3.63, 3.8) is 0 Å². The van der Waals surface area contributed by atoms with Crippen molar-refractivity contribution in [2.24, 2.45) is 0 Å². The Morgan fingerprint density at radius 3 is 2.31 bits per heavy atom. The molecule has 36 heavy (non-hydrogen) atoms. The van der Waals surface area contributed by atoms with Crippen molar-refractivity contribution in [2.45, 2.75) is 45.3 Å². The van der Waals surface area contributed by atoms with Crippen LogP contribution in [0.4, 0.5) is 0 Å². The van der Waals surface area contributed by atoms with Gasteiger partial charge < -0.3 is 25.8 Å². The molecule has 0 aromatic heterocycles. The number of hydrogen-bond acceptors (Lipinski definition) is 6. The van der Waals surface area contributed by atoms with Crippen molar-refractivity contribution in [3.8, 4) is 0 Å². The van der Waals surface area contributed by atoms with Gasteiger partial charge >= 0.3 is 5.97 Å². The lowest BCUT2D eigenvalue weighted by Gasteiger charge is -2.33. The van der Waals surface area contributed by atoms with E-state index in [4.69, 9.17) is 16.3 Å². The van der Waals surface area contributed by atoms with E-state index in [1.165, 1.54) is 7.11 Å². The predicted octanol–water partition coefficient (Wildman–Crippen LogP) is 3.97. The van der Waals surface area contributed by atoms with Crippen LogP contribution in [0.5, 0.6) is 0 Å². The van der Waals surface area contributed by atoms with Crippen LogP contribution in [0.3, 0.4) is 0 Å². The van der Waals surface area contributed by atoms with E-state index in [9.17, 15) is 14.7 Å². The van der Waals surface area contributed by atoms with Gasteiger partial charge in [-0.2, -0.15) is 0 Å². The SMILES string of the molecule is COC(=O)C1=C(C)NC(C)=C(C(=O)NCC(C)(C)NCC(O)c2ccccc2)C1c1ccccc1Cl. The van der Waals surface area contributed by atoms with E-state index in [1.807, 2.05) is 56.3 Å². The number of rotatable bonds is 9. The maximum atomic E-state index is 13.6. The quantitative estimate of drug-likeness (QED) is 0.380.